The van der Waals surface area contributed by atoms with E-state index in [4.69, 9.17) is 9.84 Å². The van der Waals surface area contributed by atoms with E-state index >= 15 is 0 Å². The van der Waals surface area contributed by atoms with Gasteiger partial charge in [-0.1, -0.05) is 59.7 Å². The highest BCUT2D eigenvalue weighted by Crippen LogP contribution is 2.32. The van der Waals surface area contributed by atoms with Gasteiger partial charge in [0.1, 0.15) is 0 Å². The summed E-state index contributed by atoms with van der Waals surface area (Å²) in [5.74, 6) is 0. The van der Waals surface area contributed by atoms with E-state index in [0.29, 0.717) is 11.1 Å². The van der Waals surface area contributed by atoms with Gasteiger partial charge >= 0.3 is 6.09 Å². The predicted molar refractivity (Wildman–Crippen MR) is 141 cm³/mol. The Balaban J connectivity index is 1.72. The minimum Gasteiger partial charge on any atom is -0.449 e. The first kappa shape index (κ1) is 25.2. The molecular weight excluding hydrogens is 474 g/mol. The number of amides is 1. The third-order valence-electron chi connectivity index (χ3n) is 5.94. The zero-order chi connectivity index (χ0) is 26.0. The van der Waals surface area contributed by atoms with Crippen LogP contribution in [0.5, 0.6) is 0 Å². The van der Waals surface area contributed by atoms with E-state index in [-0.39, 0.29) is 11.5 Å². The topological polar surface area (TPSA) is 90.3 Å². The molecule has 1 amide bonds. The number of benzene rings is 3. The van der Waals surface area contributed by atoms with E-state index in [1.807, 2.05) is 60.5 Å². The molecule has 0 bridgehead atoms. The van der Waals surface area contributed by atoms with Gasteiger partial charge in [0.05, 0.1) is 22.9 Å². The summed E-state index contributed by atoms with van der Waals surface area (Å²) in [6.45, 7) is 9.67. The first-order chi connectivity index (χ1) is 17.1. The Morgan fingerprint density at radius 2 is 1.61 bits per heavy atom. The monoisotopic (exact) mass is 503 g/mol. The van der Waals surface area contributed by atoms with Crippen molar-refractivity contribution in [2.24, 2.45) is 0 Å². The second kappa shape index (κ2) is 9.99. The highest BCUT2D eigenvalue weighted by atomic mass is 32.2. The number of ether oxygens (including phenoxy) is 1. The van der Waals surface area contributed by atoms with Crippen molar-refractivity contribution in [1.29, 1.82) is 0 Å². The molecule has 7 nitrogen and oxygen atoms in total. The molecule has 0 fully saturated rings. The second-order valence-corrected chi connectivity index (χ2v) is 10.4. The second-order valence-electron chi connectivity index (χ2n) is 8.70. The minimum absolute atomic E-state index is 0.00162. The Kier molecular flexibility index (Phi) is 6.99. The summed E-state index contributed by atoms with van der Waals surface area (Å²) in [7, 11) is -4.12. The van der Waals surface area contributed by atoms with Gasteiger partial charge in [0.15, 0.2) is 0 Å². The molecule has 8 heteroatoms. The predicted octanol–water partition coefficient (Wildman–Crippen LogP) is 5.87. The van der Waals surface area contributed by atoms with Crippen molar-refractivity contribution < 1.29 is 17.9 Å². The van der Waals surface area contributed by atoms with Crippen LogP contribution in [-0.2, 0) is 14.8 Å². The molecule has 0 unspecified atom stereocenters. The summed E-state index contributed by atoms with van der Waals surface area (Å²) in [6.07, 6.45) is -1.01. The van der Waals surface area contributed by atoms with Crippen LogP contribution in [0.25, 0.3) is 27.9 Å². The standard InChI is InChI=1S/C28H29N3O4S/c1-6-35-28(32)30-36(33,34)26-15-10-19(3)17-25(26)22-11-13-24(14-12-22)31-21(5)27(20(4)29-31)23-9-7-8-18(2)16-23/h7-17H,6H2,1-5H3,(H,30,32). The van der Waals surface area contributed by atoms with Crippen LogP contribution in [0, 0.1) is 27.7 Å². The van der Waals surface area contributed by atoms with Crippen LogP contribution >= 0.6 is 0 Å². The van der Waals surface area contributed by atoms with Crippen molar-refractivity contribution in [3.8, 4) is 27.9 Å². The van der Waals surface area contributed by atoms with Gasteiger partial charge in [0.2, 0.25) is 0 Å². The molecule has 1 aromatic heterocycles. The highest BCUT2D eigenvalue weighted by Gasteiger charge is 2.23. The number of aryl methyl sites for hydroxylation is 3. The Hall–Kier alpha value is -3.91. The van der Waals surface area contributed by atoms with Crippen LogP contribution in [-0.4, -0.2) is 30.9 Å². The molecule has 0 aliphatic rings. The summed E-state index contributed by atoms with van der Waals surface area (Å²) in [5, 5.41) is 4.77. The first-order valence-electron chi connectivity index (χ1n) is 11.6. The van der Waals surface area contributed by atoms with Crippen molar-refractivity contribution in [3.63, 3.8) is 0 Å². The van der Waals surface area contributed by atoms with Crippen LogP contribution in [0.2, 0.25) is 0 Å². The SMILES string of the molecule is CCOC(=O)NS(=O)(=O)c1ccc(C)cc1-c1ccc(-n2nc(C)c(-c3cccc(C)c3)c2C)cc1. The van der Waals surface area contributed by atoms with Gasteiger partial charge in [-0.15, -0.1) is 0 Å². The van der Waals surface area contributed by atoms with Gasteiger partial charge < -0.3 is 4.74 Å². The van der Waals surface area contributed by atoms with E-state index < -0.39 is 16.1 Å². The molecule has 0 aliphatic heterocycles. The summed E-state index contributed by atoms with van der Waals surface area (Å²) >= 11 is 0. The number of hydrogen-bond acceptors (Lipinski definition) is 5. The van der Waals surface area contributed by atoms with Crippen molar-refractivity contribution in [1.82, 2.24) is 14.5 Å². The Morgan fingerprint density at radius 1 is 0.917 bits per heavy atom. The molecule has 1 heterocycles. The van der Waals surface area contributed by atoms with Gasteiger partial charge in [0, 0.05) is 16.8 Å². The minimum atomic E-state index is -4.12. The number of nitrogens with one attached hydrogen (secondary N) is 1. The molecule has 0 atom stereocenters. The third-order valence-corrected chi connectivity index (χ3v) is 7.31. The lowest BCUT2D eigenvalue weighted by atomic mass is 10.0. The van der Waals surface area contributed by atoms with E-state index in [2.05, 4.69) is 25.1 Å². The average Bonchev–Trinajstić information content (AvgIpc) is 3.12. The van der Waals surface area contributed by atoms with Crippen molar-refractivity contribution in [2.75, 3.05) is 6.61 Å². The van der Waals surface area contributed by atoms with Gasteiger partial charge in [-0.3, -0.25) is 0 Å². The maximum atomic E-state index is 12.9. The van der Waals surface area contributed by atoms with Gasteiger partial charge in [-0.2, -0.15) is 5.10 Å². The first-order valence-corrected chi connectivity index (χ1v) is 13.1. The quantitative estimate of drug-likeness (QED) is 0.355. The number of hydrogen-bond donors (Lipinski definition) is 1. The van der Waals surface area contributed by atoms with Crippen molar-refractivity contribution in [3.05, 3.63) is 89.2 Å². The molecule has 3 aromatic carbocycles. The Labute approximate surface area is 211 Å². The van der Waals surface area contributed by atoms with E-state index in [0.717, 1.165) is 33.8 Å². The van der Waals surface area contributed by atoms with Crippen LogP contribution < -0.4 is 4.72 Å². The van der Waals surface area contributed by atoms with Gasteiger partial charge in [-0.05, 0) is 63.9 Å². The molecule has 0 saturated heterocycles. The van der Waals surface area contributed by atoms with E-state index in [1.165, 1.54) is 11.6 Å². The molecule has 0 spiro atoms. The molecule has 4 aromatic rings. The molecule has 4 rings (SSSR count). The maximum Gasteiger partial charge on any atom is 0.421 e. The largest absolute Gasteiger partial charge is 0.449 e. The van der Waals surface area contributed by atoms with Crippen LogP contribution in [0.1, 0.15) is 29.4 Å². The molecule has 0 aliphatic carbocycles. The van der Waals surface area contributed by atoms with Gasteiger partial charge in [0.25, 0.3) is 10.0 Å². The molecule has 0 radical (unpaired) electrons. The van der Waals surface area contributed by atoms with Crippen LogP contribution in [0.4, 0.5) is 4.79 Å². The average molecular weight is 504 g/mol. The molecule has 1 N–H and O–H groups in total. The fourth-order valence-electron chi connectivity index (χ4n) is 4.32. The number of carbonyl (C=O) groups is 1. The van der Waals surface area contributed by atoms with E-state index in [1.54, 1.807) is 19.1 Å². The van der Waals surface area contributed by atoms with Crippen molar-refractivity contribution >= 4 is 16.1 Å². The number of aromatic nitrogens is 2. The molecular formula is C28H29N3O4S. The lowest BCUT2D eigenvalue weighted by molar-refractivity contribution is 0.158. The summed E-state index contributed by atoms with van der Waals surface area (Å²) < 4.78 is 34.5. The van der Waals surface area contributed by atoms with Crippen LogP contribution in [0.15, 0.2) is 71.6 Å². The fourth-order valence-corrected chi connectivity index (χ4v) is 5.43. The smallest absolute Gasteiger partial charge is 0.421 e. The summed E-state index contributed by atoms with van der Waals surface area (Å²) in [4.78, 5) is 11.8. The normalized spacial score (nSPS) is 11.4. The maximum absolute atomic E-state index is 12.9. The molecule has 0 saturated carbocycles. The Morgan fingerprint density at radius 3 is 2.28 bits per heavy atom. The van der Waals surface area contributed by atoms with Gasteiger partial charge in [-0.25, -0.2) is 22.6 Å². The molecule has 186 valence electrons. The zero-order valence-electron chi connectivity index (χ0n) is 21.0. The lowest BCUT2D eigenvalue weighted by Crippen LogP contribution is -2.31. The fraction of sp³-hybridized carbons (Fsp3) is 0.214. The number of nitrogens with zero attached hydrogens (tertiary/aromatic N) is 2. The molecule has 36 heavy (non-hydrogen) atoms. The summed E-state index contributed by atoms with van der Waals surface area (Å²) in [6, 6.07) is 20.9. The zero-order valence-corrected chi connectivity index (χ0v) is 21.8. The lowest BCUT2D eigenvalue weighted by Gasteiger charge is -2.13. The van der Waals surface area contributed by atoms with Crippen LogP contribution in [0.3, 0.4) is 0 Å². The number of carbonyl (C=O) groups excluding carboxylic acids is 1. The van der Waals surface area contributed by atoms with E-state index in [9.17, 15) is 13.2 Å². The number of rotatable bonds is 6. The van der Waals surface area contributed by atoms with Crippen molar-refractivity contribution in [2.45, 2.75) is 39.5 Å². The third kappa shape index (κ3) is 5.04. The summed E-state index contributed by atoms with van der Waals surface area (Å²) in [5.41, 5.74) is 8.30. The highest BCUT2D eigenvalue weighted by molar-refractivity contribution is 7.90. The Bertz CT molecular complexity index is 1540. The number of sulfonamides is 1.